The zero-order valence-electron chi connectivity index (χ0n) is 17.3. The molecule has 2 aliphatic rings. The summed E-state index contributed by atoms with van der Waals surface area (Å²) in [4.78, 5) is 11.9. The van der Waals surface area contributed by atoms with Crippen molar-refractivity contribution in [2.45, 2.75) is 19.3 Å². The van der Waals surface area contributed by atoms with Gasteiger partial charge in [-0.15, -0.1) is 0 Å². The van der Waals surface area contributed by atoms with Crippen molar-refractivity contribution in [3.63, 3.8) is 0 Å². The molecule has 152 valence electrons. The lowest BCUT2D eigenvalue weighted by atomic mass is 10.1. The summed E-state index contributed by atoms with van der Waals surface area (Å²) in [6.07, 6.45) is 11.8. The number of aromatic nitrogens is 2. The largest absolute Gasteiger partial charge is 0.497 e. The third kappa shape index (κ3) is 3.75. The van der Waals surface area contributed by atoms with Gasteiger partial charge in [-0.25, -0.2) is 4.98 Å². The SMILES string of the molecule is COc1cc(OC)cc(N(CC2CC2)c2ccc3ncc(C4=CCC=C4)nc3c2)c1. The lowest BCUT2D eigenvalue weighted by Crippen LogP contribution is -2.20. The van der Waals surface area contributed by atoms with Gasteiger partial charge in [0.2, 0.25) is 0 Å². The molecular formula is C25H25N3O2. The highest BCUT2D eigenvalue weighted by Gasteiger charge is 2.26. The van der Waals surface area contributed by atoms with Crippen LogP contribution in [0.1, 0.15) is 25.0 Å². The van der Waals surface area contributed by atoms with Crippen LogP contribution in [0.25, 0.3) is 16.6 Å². The van der Waals surface area contributed by atoms with E-state index in [4.69, 9.17) is 14.5 Å². The average Bonchev–Trinajstić information content (AvgIpc) is 3.45. The molecular weight excluding hydrogens is 374 g/mol. The maximum atomic E-state index is 5.51. The summed E-state index contributed by atoms with van der Waals surface area (Å²) < 4.78 is 11.0. The van der Waals surface area contributed by atoms with Gasteiger partial charge in [-0.05, 0) is 49.0 Å². The van der Waals surface area contributed by atoms with Crippen LogP contribution in [0, 0.1) is 5.92 Å². The number of hydrogen-bond donors (Lipinski definition) is 0. The average molecular weight is 399 g/mol. The van der Waals surface area contributed by atoms with Crippen molar-refractivity contribution in [1.82, 2.24) is 9.97 Å². The van der Waals surface area contributed by atoms with Crippen molar-refractivity contribution in [2.24, 2.45) is 5.92 Å². The molecule has 1 fully saturated rings. The molecule has 1 saturated carbocycles. The minimum atomic E-state index is 0.712. The Morgan fingerprint density at radius 1 is 0.967 bits per heavy atom. The Morgan fingerprint density at radius 3 is 2.43 bits per heavy atom. The van der Waals surface area contributed by atoms with Crippen molar-refractivity contribution in [1.29, 1.82) is 0 Å². The lowest BCUT2D eigenvalue weighted by molar-refractivity contribution is 0.394. The van der Waals surface area contributed by atoms with Gasteiger partial charge in [-0.3, -0.25) is 4.98 Å². The smallest absolute Gasteiger partial charge is 0.124 e. The summed E-state index contributed by atoms with van der Waals surface area (Å²) in [6, 6.07) is 12.3. The first kappa shape index (κ1) is 18.7. The molecule has 5 nitrogen and oxygen atoms in total. The van der Waals surface area contributed by atoms with Gasteiger partial charge in [0, 0.05) is 36.1 Å². The Balaban J connectivity index is 1.58. The Morgan fingerprint density at radius 2 is 1.77 bits per heavy atom. The van der Waals surface area contributed by atoms with E-state index in [9.17, 15) is 0 Å². The zero-order valence-corrected chi connectivity index (χ0v) is 17.3. The summed E-state index contributed by atoms with van der Waals surface area (Å²) >= 11 is 0. The third-order valence-corrected chi connectivity index (χ3v) is 5.69. The second-order valence-corrected chi connectivity index (χ2v) is 7.85. The fraction of sp³-hybridized carbons (Fsp3) is 0.280. The van der Waals surface area contributed by atoms with Gasteiger partial charge >= 0.3 is 0 Å². The van der Waals surface area contributed by atoms with E-state index in [1.54, 1.807) is 14.2 Å². The van der Waals surface area contributed by atoms with Gasteiger partial charge in [0.05, 0.1) is 37.1 Å². The number of anilines is 2. The molecule has 2 aromatic carbocycles. The van der Waals surface area contributed by atoms with E-state index in [1.807, 2.05) is 12.3 Å². The van der Waals surface area contributed by atoms with Gasteiger partial charge in [0.25, 0.3) is 0 Å². The van der Waals surface area contributed by atoms with Crippen LogP contribution in [-0.2, 0) is 0 Å². The summed E-state index contributed by atoms with van der Waals surface area (Å²) in [6.45, 7) is 0.961. The number of methoxy groups -OCH3 is 2. The molecule has 0 atom stereocenters. The highest BCUT2D eigenvalue weighted by molar-refractivity contribution is 5.84. The summed E-state index contributed by atoms with van der Waals surface area (Å²) in [5, 5.41) is 0. The van der Waals surface area contributed by atoms with Crippen LogP contribution in [-0.4, -0.2) is 30.7 Å². The summed E-state index contributed by atoms with van der Waals surface area (Å²) in [5.74, 6) is 2.28. The monoisotopic (exact) mass is 399 g/mol. The standard InChI is InChI=1S/C25H25N3O2/c1-29-21-11-20(12-22(14-21)30-2)28(16-17-7-8-17)19-9-10-23-24(13-19)27-25(15-26-23)18-5-3-4-6-18/h3,5-6,9-15,17H,4,7-8,16H2,1-2H3. The molecule has 2 aliphatic carbocycles. The van der Waals surface area contributed by atoms with Crippen LogP contribution in [0.4, 0.5) is 11.4 Å². The van der Waals surface area contributed by atoms with Crippen LogP contribution in [0.3, 0.4) is 0 Å². The predicted molar refractivity (Wildman–Crippen MR) is 121 cm³/mol. The predicted octanol–water partition coefficient (Wildman–Crippen LogP) is 5.54. The van der Waals surface area contributed by atoms with Crippen molar-refractivity contribution >= 4 is 28.0 Å². The number of allylic oxidation sites excluding steroid dienone is 4. The zero-order chi connectivity index (χ0) is 20.5. The van der Waals surface area contributed by atoms with Crippen LogP contribution in [0.15, 0.2) is 60.8 Å². The van der Waals surface area contributed by atoms with E-state index in [0.29, 0.717) is 5.92 Å². The Hall–Kier alpha value is -3.34. The third-order valence-electron chi connectivity index (χ3n) is 5.69. The van der Waals surface area contributed by atoms with Crippen molar-refractivity contribution < 1.29 is 9.47 Å². The molecule has 0 unspecified atom stereocenters. The number of nitrogens with zero attached hydrogens (tertiary/aromatic N) is 3. The molecule has 3 aromatic rings. The topological polar surface area (TPSA) is 47.5 Å². The molecule has 0 radical (unpaired) electrons. The first-order valence-electron chi connectivity index (χ1n) is 10.4. The molecule has 1 heterocycles. The van der Waals surface area contributed by atoms with Gasteiger partial charge in [0.15, 0.2) is 0 Å². The molecule has 5 rings (SSSR count). The Kier molecular flexibility index (Phi) is 4.87. The highest BCUT2D eigenvalue weighted by Crippen LogP contribution is 2.38. The van der Waals surface area contributed by atoms with Gasteiger partial charge in [0.1, 0.15) is 11.5 Å². The number of fused-ring (bicyclic) bond motifs is 1. The Bertz CT molecular complexity index is 1130. The molecule has 30 heavy (non-hydrogen) atoms. The van der Waals surface area contributed by atoms with Crippen molar-refractivity contribution in [3.8, 4) is 11.5 Å². The fourth-order valence-electron chi connectivity index (χ4n) is 3.82. The van der Waals surface area contributed by atoms with Crippen LogP contribution < -0.4 is 14.4 Å². The van der Waals surface area contributed by atoms with E-state index in [-0.39, 0.29) is 0 Å². The molecule has 0 N–H and O–H groups in total. The van der Waals surface area contributed by atoms with Crippen molar-refractivity contribution in [3.05, 3.63) is 66.5 Å². The van der Waals surface area contributed by atoms with E-state index >= 15 is 0 Å². The summed E-state index contributed by atoms with van der Waals surface area (Å²) in [7, 11) is 3.37. The molecule has 0 bridgehead atoms. The van der Waals surface area contributed by atoms with Crippen LogP contribution in [0.5, 0.6) is 11.5 Å². The first-order valence-corrected chi connectivity index (χ1v) is 10.4. The quantitative estimate of drug-likeness (QED) is 0.522. The minimum absolute atomic E-state index is 0.712. The second-order valence-electron chi connectivity index (χ2n) is 7.85. The lowest BCUT2D eigenvalue weighted by Gasteiger charge is -2.26. The maximum absolute atomic E-state index is 5.51. The summed E-state index contributed by atoms with van der Waals surface area (Å²) in [5.41, 5.74) is 6.03. The molecule has 5 heteroatoms. The van der Waals surface area contributed by atoms with Crippen LogP contribution >= 0.6 is 0 Å². The van der Waals surface area contributed by atoms with E-state index in [1.165, 1.54) is 12.8 Å². The number of rotatable bonds is 7. The van der Waals surface area contributed by atoms with Gasteiger partial charge < -0.3 is 14.4 Å². The number of hydrogen-bond acceptors (Lipinski definition) is 5. The minimum Gasteiger partial charge on any atom is -0.497 e. The maximum Gasteiger partial charge on any atom is 0.124 e. The molecule has 0 aliphatic heterocycles. The normalized spacial score (nSPS) is 15.3. The first-order chi connectivity index (χ1) is 14.7. The fourth-order valence-corrected chi connectivity index (χ4v) is 3.82. The van der Waals surface area contributed by atoms with E-state index < -0.39 is 0 Å². The molecule has 0 saturated heterocycles. The van der Waals surface area contributed by atoms with Crippen LogP contribution in [0.2, 0.25) is 0 Å². The van der Waals surface area contributed by atoms with Crippen molar-refractivity contribution in [2.75, 3.05) is 25.7 Å². The molecule has 1 aromatic heterocycles. The second kappa shape index (κ2) is 7.82. The van der Waals surface area contributed by atoms with E-state index in [2.05, 4.69) is 58.4 Å². The molecule has 0 spiro atoms. The number of ether oxygens (including phenoxy) is 2. The van der Waals surface area contributed by atoms with E-state index in [0.717, 1.165) is 58.1 Å². The van der Waals surface area contributed by atoms with Gasteiger partial charge in [-0.1, -0.05) is 18.2 Å². The number of benzene rings is 2. The molecule has 0 amide bonds. The Labute approximate surface area is 176 Å². The highest BCUT2D eigenvalue weighted by atomic mass is 16.5. The van der Waals surface area contributed by atoms with Gasteiger partial charge in [-0.2, -0.15) is 0 Å².